The van der Waals surface area contributed by atoms with Crippen molar-refractivity contribution in [2.45, 2.75) is 92.5 Å². The van der Waals surface area contributed by atoms with Crippen LogP contribution in [0, 0.1) is 0 Å². The lowest BCUT2D eigenvalue weighted by atomic mass is 9.93. The zero-order valence-electron chi connectivity index (χ0n) is 28.7. The Kier molecular flexibility index (Phi) is 18.8. The predicted molar refractivity (Wildman–Crippen MR) is 201 cm³/mol. The molecule has 0 aromatic heterocycles. The molecule has 0 saturated carbocycles. The highest BCUT2D eigenvalue weighted by Gasteiger charge is 2.23. The second-order valence-corrected chi connectivity index (χ2v) is 13.7. The number of hydrogen-bond donors (Lipinski definition) is 0. The number of nitrogens with zero attached hydrogens (tertiary/aromatic N) is 1. The summed E-state index contributed by atoms with van der Waals surface area (Å²) < 4.78 is 0. The molecule has 0 bridgehead atoms. The number of hydrogen-bond acceptors (Lipinski definition) is 1. The Labute approximate surface area is 272 Å². The molecule has 0 N–H and O–H groups in total. The van der Waals surface area contributed by atoms with Crippen LogP contribution < -0.4 is 0 Å². The van der Waals surface area contributed by atoms with Crippen molar-refractivity contribution in [2.75, 3.05) is 13.2 Å². The summed E-state index contributed by atoms with van der Waals surface area (Å²) in [6.07, 6.45) is 39.4. The molecule has 0 amide bonds. The standard InChI is InChI=1S/C42H58NP/c1-8-12-13-14-18-26-40-27-19-20-29-42(40)43(41(11-4)28-21-25-39-23-16-15-17-24-39)34-22-35-44(7)37(6)32-30-36(5)31-33-38(9-2)10-3/h9,11-20,22-24,27,30-33,35,42H,8,10,21,25-26,28-29,34H2,1-7H3/b13-12-,18-14-,33-31-,35-22-,36-30+,37-32+,38-9-,41-11+. The lowest BCUT2D eigenvalue weighted by Gasteiger charge is -2.37. The highest BCUT2D eigenvalue weighted by Crippen LogP contribution is 2.42. The third-order valence-corrected chi connectivity index (χ3v) is 10.1. The number of benzene rings is 1. The van der Waals surface area contributed by atoms with E-state index in [9.17, 15) is 0 Å². The maximum atomic E-state index is 2.68. The maximum absolute atomic E-state index is 2.68. The molecular weight excluding hydrogens is 549 g/mol. The molecule has 44 heavy (non-hydrogen) atoms. The lowest BCUT2D eigenvalue weighted by Crippen LogP contribution is -2.37. The zero-order chi connectivity index (χ0) is 32.0. The molecule has 0 aliphatic heterocycles. The highest BCUT2D eigenvalue weighted by molar-refractivity contribution is 7.64. The summed E-state index contributed by atoms with van der Waals surface area (Å²) in [6.45, 7) is 16.5. The third kappa shape index (κ3) is 14.1. The van der Waals surface area contributed by atoms with Crippen molar-refractivity contribution in [3.63, 3.8) is 0 Å². The first-order valence-electron chi connectivity index (χ1n) is 16.6. The van der Waals surface area contributed by atoms with Gasteiger partial charge in [0.25, 0.3) is 0 Å². The van der Waals surface area contributed by atoms with Crippen molar-refractivity contribution in [1.82, 2.24) is 4.90 Å². The molecule has 1 aromatic rings. The van der Waals surface area contributed by atoms with Crippen molar-refractivity contribution in [2.24, 2.45) is 0 Å². The normalized spacial score (nSPS) is 17.9. The van der Waals surface area contributed by atoms with Crippen molar-refractivity contribution in [1.29, 1.82) is 0 Å². The van der Waals surface area contributed by atoms with Crippen LogP contribution in [0.25, 0.3) is 0 Å². The maximum Gasteiger partial charge on any atom is 0.0543 e. The molecule has 0 spiro atoms. The van der Waals surface area contributed by atoms with E-state index in [4.69, 9.17) is 0 Å². The van der Waals surface area contributed by atoms with E-state index in [0.29, 0.717) is 6.04 Å². The summed E-state index contributed by atoms with van der Waals surface area (Å²) in [6, 6.07) is 11.3. The molecule has 0 saturated heterocycles. The van der Waals surface area contributed by atoms with E-state index in [2.05, 4.69) is 174 Å². The van der Waals surface area contributed by atoms with Crippen LogP contribution in [0.1, 0.15) is 85.6 Å². The van der Waals surface area contributed by atoms with Crippen molar-refractivity contribution >= 4 is 7.92 Å². The quantitative estimate of drug-likeness (QED) is 0.118. The first-order valence-corrected chi connectivity index (χ1v) is 18.5. The van der Waals surface area contributed by atoms with Gasteiger partial charge in [-0.05, 0) is 95.8 Å². The minimum Gasteiger partial charge on any atom is -0.364 e. The SMILES string of the molecule is C\C=C(/C=C\C(C)=C\C=C(/C)P(C)/C=C\CN(/C(=C/C)CCCc1ccccc1)C1CC=CC=C1C/C=C\C=C/CC)CC. The van der Waals surface area contributed by atoms with Gasteiger partial charge >= 0.3 is 0 Å². The molecule has 1 aromatic carbocycles. The molecule has 0 radical (unpaired) electrons. The Balaban J connectivity index is 2.20. The molecule has 1 nitrogen and oxygen atoms in total. The summed E-state index contributed by atoms with van der Waals surface area (Å²) in [7, 11) is -0.333. The van der Waals surface area contributed by atoms with Crippen LogP contribution in [0.5, 0.6) is 0 Å². The Morgan fingerprint density at radius 3 is 2.43 bits per heavy atom. The van der Waals surface area contributed by atoms with Crippen LogP contribution in [-0.2, 0) is 6.42 Å². The molecule has 1 aliphatic rings. The van der Waals surface area contributed by atoms with Crippen molar-refractivity contribution in [3.8, 4) is 0 Å². The van der Waals surface area contributed by atoms with Crippen LogP contribution in [0.2, 0.25) is 0 Å². The van der Waals surface area contributed by atoms with E-state index in [1.54, 1.807) is 0 Å². The fourth-order valence-electron chi connectivity index (χ4n) is 5.23. The van der Waals surface area contributed by atoms with E-state index >= 15 is 0 Å². The Morgan fingerprint density at radius 1 is 0.955 bits per heavy atom. The second-order valence-electron chi connectivity index (χ2n) is 11.4. The number of allylic oxidation sites excluding steroid dienone is 16. The van der Waals surface area contributed by atoms with Crippen molar-refractivity contribution < 1.29 is 0 Å². The largest absolute Gasteiger partial charge is 0.364 e. The van der Waals surface area contributed by atoms with E-state index in [1.165, 1.54) is 33.3 Å². The van der Waals surface area contributed by atoms with Gasteiger partial charge in [0, 0.05) is 12.2 Å². The summed E-state index contributed by atoms with van der Waals surface area (Å²) in [5, 5.41) is 1.44. The van der Waals surface area contributed by atoms with Gasteiger partial charge in [-0.2, -0.15) is 0 Å². The third-order valence-electron chi connectivity index (χ3n) is 8.14. The molecule has 0 heterocycles. The summed E-state index contributed by atoms with van der Waals surface area (Å²) in [4.78, 5) is 2.68. The number of aryl methyl sites for hydroxylation is 1. The molecule has 1 aliphatic carbocycles. The first kappa shape index (κ1) is 37.0. The summed E-state index contributed by atoms with van der Waals surface area (Å²) in [5.41, 5.74) is 7.04. The van der Waals surface area contributed by atoms with Crippen LogP contribution in [0.4, 0.5) is 0 Å². The van der Waals surface area contributed by atoms with E-state index in [-0.39, 0.29) is 7.92 Å². The molecule has 2 heteroatoms. The molecule has 2 rings (SSSR count). The molecule has 236 valence electrons. The highest BCUT2D eigenvalue weighted by atomic mass is 31.1. The Bertz CT molecular complexity index is 1280. The van der Waals surface area contributed by atoms with Crippen LogP contribution in [0.3, 0.4) is 0 Å². The van der Waals surface area contributed by atoms with Crippen molar-refractivity contribution in [3.05, 3.63) is 155 Å². The second kappa shape index (κ2) is 22.4. The summed E-state index contributed by atoms with van der Waals surface area (Å²) >= 11 is 0. The molecule has 2 unspecified atom stereocenters. The van der Waals surface area contributed by atoms with Crippen LogP contribution in [-0.4, -0.2) is 24.2 Å². The summed E-state index contributed by atoms with van der Waals surface area (Å²) in [5.74, 6) is 2.46. The monoisotopic (exact) mass is 607 g/mol. The molecule has 2 atom stereocenters. The Morgan fingerprint density at radius 2 is 1.73 bits per heavy atom. The fourth-order valence-corrected chi connectivity index (χ4v) is 6.18. The van der Waals surface area contributed by atoms with E-state index < -0.39 is 0 Å². The average Bonchev–Trinajstić information content (AvgIpc) is 3.05. The first-order chi connectivity index (χ1) is 21.4. The van der Waals surface area contributed by atoms with Gasteiger partial charge in [0.2, 0.25) is 0 Å². The minimum atomic E-state index is -0.333. The van der Waals surface area contributed by atoms with Gasteiger partial charge in [-0.1, -0.05) is 154 Å². The zero-order valence-corrected chi connectivity index (χ0v) is 29.6. The molecular formula is C42H58NP. The fraction of sp³-hybridized carbons (Fsp3) is 0.381. The van der Waals surface area contributed by atoms with Gasteiger partial charge in [-0.15, -0.1) is 0 Å². The topological polar surface area (TPSA) is 3.24 Å². The minimum absolute atomic E-state index is 0.333. The molecule has 0 fully saturated rings. The Hall–Kier alpha value is -3.15. The lowest BCUT2D eigenvalue weighted by molar-refractivity contribution is 0.293. The van der Waals surface area contributed by atoms with Gasteiger partial charge in [0.05, 0.1) is 6.04 Å². The van der Waals surface area contributed by atoms with Crippen LogP contribution in [0.15, 0.2) is 149 Å². The van der Waals surface area contributed by atoms with Gasteiger partial charge in [0.1, 0.15) is 0 Å². The number of rotatable bonds is 18. The van der Waals surface area contributed by atoms with Gasteiger partial charge in [0.15, 0.2) is 0 Å². The van der Waals surface area contributed by atoms with Gasteiger partial charge in [-0.3, -0.25) is 0 Å². The smallest absolute Gasteiger partial charge is 0.0543 e. The predicted octanol–water partition coefficient (Wildman–Crippen LogP) is 12.8. The van der Waals surface area contributed by atoms with Gasteiger partial charge < -0.3 is 4.90 Å². The van der Waals surface area contributed by atoms with Gasteiger partial charge in [-0.25, -0.2) is 0 Å². The van der Waals surface area contributed by atoms with Crippen LogP contribution >= 0.6 is 7.92 Å². The average molecular weight is 608 g/mol. The van der Waals surface area contributed by atoms with E-state index in [0.717, 1.165) is 51.5 Å². The van der Waals surface area contributed by atoms with E-state index in [1.807, 2.05) is 0 Å².